The molecule has 0 unspecified atom stereocenters. The second-order valence-electron chi connectivity index (χ2n) is 4.12. The quantitative estimate of drug-likeness (QED) is 0.519. The Labute approximate surface area is 124 Å². The van der Waals surface area contributed by atoms with Gasteiger partial charge in [0.1, 0.15) is 0 Å². The van der Waals surface area contributed by atoms with Crippen LogP contribution < -0.4 is 5.23 Å². The lowest BCUT2D eigenvalue weighted by atomic mass is 10.1. The standard InChI is InChI=1S/C15H14BNO2S/c1-19-15(18)13-8-7-12(9-14(13)17-16)20-10-11-5-3-2-4-6-11/h2-9,17H,10H2,1H3. The Balaban J connectivity index is 2.12. The number of rotatable bonds is 5. The molecule has 100 valence electrons. The fraction of sp³-hybridized carbons (Fsp3) is 0.133. The van der Waals surface area contributed by atoms with E-state index >= 15 is 0 Å². The van der Waals surface area contributed by atoms with Gasteiger partial charge in [0.25, 0.3) is 0 Å². The number of hydrogen-bond acceptors (Lipinski definition) is 4. The molecule has 0 bridgehead atoms. The van der Waals surface area contributed by atoms with E-state index in [1.807, 2.05) is 30.3 Å². The van der Waals surface area contributed by atoms with Gasteiger partial charge in [-0.05, 0) is 23.8 Å². The van der Waals surface area contributed by atoms with Crippen molar-refractivity contribution in [3.63, 3.8) is 0 Å². The molecule has 1 N–H and O–H groups in total. The summed E-state index contributed by atoms with van der Waals surface area (Å²) in [6.07, 6.45) is 0. The maximum atomic E-state index is 11.6. The van der Waals surface area contributed by atoms with Crippen molar-refractivity contribution in [2.24, 2.45) is 0 Å². The molecule has 3 nitrogen and oxygen atoms in total. The molecule has 2 aromatic carbocycles. The van der Waals surface area contributed by atoms with Crippen molar-refractivity contribution in [3.8, 4) is 0 Å². The van der Waals surface area contributed by atoms with Crippen molar-refractivity contribution in [2.75, 3.05) is 12.3 Å². The molecule has 2 radical (unpaired) electrons. The average Bonchev–Trinajstić information content (AvgIpc) is 2.52. The zero-order valence-electron chi connectivity index (χ0n) is 11.1. The average molecular weight is 283 g/mol. The maximum absolute atomic E-state index is 11.6. The molecular weight excluding hydrogens is 269 g/mol. The minimum absolute atomic E-state index is 0.405. The number of anilines is 1. The smallest absolute Gasteiger partial charge is 0.339 e. The van der Waals surface area contributed by atoms with E-state index < -0.39 is 5.97 Å². The van der Waals surface area contributed by atoms with Crippen LogP contribution in [0.3, 0.4) is 0 Å². The highest BCUT2D eigenvalue weighted by atomic mass is 32.2. The van der Waals surface area contributed by atoms with Gasteiger partial charge < -0.3 is 9.96 Å². The number of carbonyl (C=O) groups excluding carboxylic acids is 1. The second kappa shape index (κ2) is 7.05. The van der Waals surface area contributed by atoms with Gasteiger partial charge in [0.2, 0.25) is 7.98 Å². The van der Waals surface area contributed by atoms with Gasteiger partial charge in [-0.3, -0.25) is 0 Å². The Morgan fingerprint density at radius 1 is 1.25 bits per heavy atom. The lowest BCUT2D eigenvalue weighted by Crippen LogP contribution is -2.06. The molecule has 2 aromatic rings. The topological polar surface area (TPSA) is 38.3 Å². The Bertz CT molecular complexity index is 590. The Morgan fingerprint density at radius 2 is 2.00 bits per heavy atom. The summed E-state index contributed by atoms with van der Waals surface area (Å²) in [6.45, 7) is 0. The molecule has 0 saturated carbocycles. The van der Waals surface area contributed by atoms with Crippen LogP contribution in [0.15, 0.2) is 53.4 Å². The van der Waals surface area contributed by atoms with Crippen LogP contribution in [0.25, 0.3) is 0 Å². The summed E-state index contributed by atoms with van der Waals surface area (Å²) < 4.78 is 4.71. The SMILES string of the molecule is [B]Nc1cc(SCc2ccccc2)ccc1C(=O)OC. The van der Waals surface area contributed by atoms with Crippen LogP contribution >= 0.6 is 11.8 Å². The Morgan fingerprint density at radius 3 is 2.65 bits per heavy atom. The van der Waals surface area contributed by atoms with Gasteiger partial charge in [-0.1, -0.05) is 30.3 Å². The number of benzene rings is 2. The lowest BCUT2D eigenvalue weighted by Gasteiger charge is -2.10. The summed E-state index contributed by atoms with van der Waals surface area (Å²) in [6, 6.07) is 15.6. The third-order valence-electron chi connectivity index (χ3n) is 2.80. The highest BCUT2D eigenvalue weighted by Crippen LogP contribution is 2.27. The number of carbonyl (C=O) groups is 1. The number of nitrogens with one attached hydrogen (secondary N) is 1. The number of methoxy groups -OCH3 is 1. The third kappa shape index (κ3) is 3.57. The summed E-state index contributed by atoms with van der Waals surface area (Å²) >= 11 is 1.68. The van der Waals surface area contributed by atoms with Crippen molar-refractivity contribution in [1.29, 1.82) is 0 Å². The summed E-state index contributed by atoms with van der Waals surface area (Å²) in [4.78, 5) is 12.6. The zero-order valence-corrected chi connectivity index (χ0v) is 11.9. The van der Waals surface area contributed by atoms with Crippen LogP contribution in [-0.2, 0) is 10.5 Å². The molecule has 0 spiro atoms. The fourth-order valence-corrected chi connectivity index (χ4v) is 2.65. The summed E-state index contributed by atoms with van der Waals surface area (Å²) in [5.41, 5.74) is 2.24. The van der Waals surface area contributed by atoms with Gasteiger partial charge in [-0.2, -0.15) is 0 Å². The van der Waals surface area contributed by atoms with Crippen molar-refractivity contribution in [2.45, 2.75) is 10.6 Å². The van der Waals surface area contributed by atoms with Crippen LogP contribution in [0.5, 0.6) is 0 Å². The minimum Gasteiger partial charge on any atom is -0.465 e. The molecule has 0 fully saturated rings. The molecule has 0 atom stereocenters. The van der Waals surface area contributed by atoms with Crippen LogP contribution in [-0.4, -0.2) is 21.1 Å². The summed E-state index contributed by atoms with van der Waals surface area (Å²) in [5, 5.41) is 2.54. The number of ether oxygens (including phenoxy) is 1. The van der Waals surface area contributed by atoms with Gasteiger partial charge >= 0.3 is 5.97 Å². The van der Waals surface area contributed by atoms with Crippen LogP contribution in [0.2, 0.25) is 0 Å². The first-order valence-corrected chi connectivity index (χ1v) is 7.09. The summed E-state index contributed by atoms with van der Waals surface area (Å²) in [7, 11) is 6.80. The zero-order chi connectivity index (χ0) is 14.4. The van der Waals surface area contributed by atoms with E-state index in [4.69, 9.17) is 12.7 Å². The van der Waals surface area contributed by atoms with Crippen molar-refractivity contribution in [3.05, 3.63) is 59.7 Å². The third-order valence-corrected chi connectivity index (χ3v) is 3.87. The molecule has 2 rings (SSSR count). The van der Waals surface area contributed by atoms with Gasteiger partial charge in [0.05, 0.1) is 12.7 Å². The van der Waals surface area contributed by atoms with E-state index in [0.717, 1.165) is 10.6 Å². The molecular formula is C15H14BNO2S. The van der Waals surface area contributed by atoms with E-state index in [2.05, 4.69) is 17.4 Å². The Hall–Kier alpha value is -1.88. The Kier molecular flexibility index (Phi) is 5.13. The molecule has 0 saturated heterocycles. The van der Waals surface area contributed by atoms with E-state index in [9.17, 15) is 4.79 Å². The second-order valence-corrected chi connectivity index (χ2v) is 5.17. The highest BCUT2D eigenvalue weighted by Gasteiger charge is 2.11. The summed E-state index contributed by atoms with van der Waals surface area (Å²) in [5.74, 6) is 0.458. The number of esters is 1. The molecule has 0 aliphatic carbocycles. The molecule has 0 amide bonds. The van der Waals surface area contributed by atoms with Crippen LogP contribution in [0.1, 0.15) is 15.9 Å². The molecule has 0 aromatic heterocycles. The molecule has 0 heterocycles. The molecule has 5 heteroatoms. The van der Waals surface area contributed by atoms with Crippen LogP contribution in [0, 0.1) is 0 Å². The van der Waals surface area contributed by atoms with Gasteiger partial charge in [-0.25, -0.2) is 4.79 Å². The fourth-order valence-electron chi connectivity index (χ4n) is 1.76. The minimum atomic E-state index is -0.405. The van der Waals surface area contributed by atoms with Gasteiger partial charge in [-0.15, -0.1) is 11.8 Å². The van der Waals surface area contributed by atoms with E-state index in [0.29, 0.717) is 11.3 Å². The first-order chi connectivity index (χ1) is 9.74. The van der Waals surface area contributed by atoms with Crippen LogP contribution in [0.4, 0.5) is 5.69 Å². The first-order valence-electron chi connectivity index (χ1n) is 6.10. The van der Waals surface area contributed by atoms with Gasteiger partial charge in [0, 0.05) is 16.3 Å². The predicted molar refractivity (Wildman–Crippen MR) is 83.2 cm³/mol. The monoisotopic (exact) mass is 283 g/mol. The largest absolute Gasteiger partial charge is 0.465 e. The number of thioether (sulfide) groups is 1. The van der Waals surface area contributed by atoms with E-state index in [1.54, 1.807) is 17.8 Å². The van der Waals surface area contributed by atoms with E-state index in [-0.39, 0.29) is 0 Å². The lowest BCUT2D eigenvalue weighted by molar-refractivity contribution is 0.0602. The maximum Gasteiger partial charge on any atom is 0.339 e. The van der Waals surface area contributed by atoms with E-state index in [1.165, 1.54) is 12.7 Å². The molecule has 0 aliphatic heterocycles. The first kappa shape index (κ1) is 14.5. The van der Waals surface area contributed by atoms with Crippen molar-refractivity contribution >= 4 is 31.4 Å². The number of hydrogen-bond donors (Lipinski definition) is 1. The molecule has 0 aliphatic rings. The highest BCUT2D eigenvalue weighted by molar-refractivity contribution is 7.98. The molecule has 20 heavy (non-hydrogen) atoms. The normalized spacial score (nSPS) is 10.1. The van der Waals surface area contributed by atoms with Crippen molar-refractivity contribution < 1.29 is 9.53 Å². The van der Waals surface area contributed by atoms with Gasteiger partial charge in [0.15, 0.2) is 0 Å². The predicted octanol–water partition coefficient (Wildman–Crippen LogP) is 3.26. The van der Waals surface area contributed by atoms with Crippen molar-refractivity contribution in [1.82, 2.24) is 0 Å².